The summed E-state index contributed by atoms with van der Waals surface area (Å²) >= 11 is 0. The topological polar surface area (TPSA) is 131 Å². The number of amides is 1. The molecule has 9 heteroatoms. The highest BCUT2D eigenvalue weighted by Gasteiger charge is 2.14. The van der Waals surface area contributed by atoms with Gasteiger partial charge in [0.1, 0.15) is 6.54 Å². The van der Waals surface area contributed by atoms with Crippen LogP contribution in [0.2, 0.25) is 0 Å². The third-order valence-corrected chi connectivity index (χ3v) is 2.35. The van der Waals surface area contributed by atoms with E-state index < -0.39 is 35.8 Å². The Hall–Kier alpha value is -2.42. The summed E-state index contributed by atoms with van der Waals surface area (Å²) in [6.45, 7) is -0.839. The quantitative estimate of drug-likeness (QED) is 0.527. The molecule has 0 aliphatic rings. The lowest BCUT2D eigenvalue weighted by molar-refractivity contribution is -0.146. The van der Waals surface area contributed by atoms with E-state index in [-0.39, 0.29) is 6.54 Å². The summed E-state index contributed by atoms with van der Waals surface area (Å²) in [6, 6.07) is 1.13. The van der Waals surface area contributed by atoms with E-state index >= 15 is 0 Å². The smallest absolute Gasteiger partial charge is 0.334 e. The van der Waals surface area contributed by atoms with Gasteiger partial charge >= 0.3 is 11.7 Å². The van der Waals surface area contributed by atoms with Crippen molar-refractivity contribution in [3.8, 4) is 0 Å². The third-order valence-electron chi connectivity index (χ3n) is 2.35. The standard InChI is InChI=1S/C10H13N3O6/c1-12-8(16)2-3-13(10(12)19)5-7(15)11-4-6(14)9(17)18/h2-3,6,14H,4-5H2,1H3,(H,11,15)(H,17,18)/t6-/m0/s1. The Bertz CT molecular complexity index is 602. The fourth-order valence-corrected chi connectivity index (χ4v) is 1.25. The zero-order valence-electron chi connectivity index (χ0n) is 10.1. The van der Waals surface area contributed by atoms with E-state index in [0.29, 0.717) is 0 Å². The molecule has 1 aromatic rings. The summed E-state index contributed by atoms with van der Waals surface area (Å²) in [6.07, 6.45) is -0.543. The maximum Gasteiger partial charge on any atom is 0.334 e. The maximum absolute atomic E-state index is 11.6. The number of aliphatic carboxylic acids is 1. The van der Waals surface area contributed by atoms with Crippen molar-refractivity contribution >= 4 is 11.9 Å². The molecule has 0 aliphatic carbocycles. The highest BCUT2D eigenvalue weighted by atomic mass is 16.4. The predicted molar refractivity (Wildman–Crippen MR) is 62.6 cm³/mol. The SMILES string of the molecule is Cn1c(=O)ccn(CC(=O)NC[C@H](O)C(=O)O)c1=O. The highest BCUT2D eigenvalue weighted by molar-refractivity contribution is 5.77. The van der Waals surface area contributed by atoms with E-state index in [1.807, 2.05) is 0 Å². The van der Waals surface area contributed by atoms with Crippen LogP contribution in [-0.4, -0.2) is 43.9 Å². The molecule has 1 atom stereocenters. The minimum absolute atomic E-state index is 0.376. The predicted octanol–water partition coefficient (Wildman–Crippen LogP) is -2.89. The van der Waals surface area contributed by atoms with Crippen LogP contribution in [0.25, 0.3) is 0 Å². The number of carboxylic acid groups (broad SMARTS) is 1. The van der Waals surface area contributed by atoms with Crippen molar-refractivity contribution in [3.63, 3.8) is 0 Å². The normalized spacial score (nSPS) is 11.9. The summed E-state index contributed by atoms with van der Waals surface area (Å²) in [4.78, 5) is 44.4. The molecule has 0 unspecified atom stereocenters. The summed E-state index contributed by atoms with van der Waals surface area (Å²) in [5, 5.41) is 19.5. The number of aliphatic hydroxyl groups is 1. The van der Waals surface area contributed by atoms with Crippen molar-refractivity contribution in [1.29, 1.82) is 0 Å². The molecule has 0 saturated heterocycles. The Kier molecular flexibility index (Phi) is 4.59. The van der Waals surface area contributed by atoms with Gasteiger partial charge in [0.2, 0.25) is 5.91 Å². The average Bonchev–Trinajstić information content (AvgIpc) is 2.36. The van der Waals surface area contributed by atoms with E-state index in [9.17, 15) is 19.2 Å². The molecule has 3 N–H and O–H groups in total. The minimum Gasteiger partial charge on any atom is -0.479 e. The number of hydrogen-bond donors (Lipinski definition) is 3. The molecular weight excluding hydrogens is 258 g/mol. The van der Waals surface area contributed by atoms with Crippen molar-refractivity contribution in [1.82, 2.24) is 14.5 Å². The fourth-order valence-electron chi connectivity index (χ4n) is 1.25. The Labute approximate surface area is 106 Å². The first-order valence-corrected chi connectivity index (χ1v) is 5.27. The average molecular weight is 271 g/mol. The maximum atomic E-state index is 11.6. The van der Waals surface area contributed by atoms with Crippen LogP contribution >= 0.6 is 0 Å². The van der Waals surface area contributed by atoms with Gasteiger partial charge in [0.25, 0.3) is 5.56 Å². The molecule has 1 heterocycles. The van der Waals surface area contributed by atoms with Gasteiger partial charge in [-0.25, -0.2) is 9.59 Å². The second-order valence-electron chi connectivity index (χ2n) is 3.78. The molecule has 9 nitrogen and oxygen atoms in total. The number of carboxylic acids is 1. The van der Waals surface area contributed by atoms with Gasteiger partial charge in [-0.3, -0.25) is 18.7 Å². The molecule has 0 spiro atoms. The van der Waals surface area contributed by atoms with Crippen molar-refractivity contribution in [2.45, 2.75) is 12.6 Å². The van der Waals surface area contributed by atoms with E-state index in [2.05, 4.69) is 5.32 Å². The molecular formula is C10H13N3O6. The molecule has 0 aliphatic heterocycles. The molecule has 0 radical (unpaired) electrons. The number of nitrogens with one attached hydrogen (secondary N) is 1. The van der Waals surface area contributed by atoms with Crippen LogP contribution in [0.4, 0.5) is 0 Å². The zero-order chi connectivity index (χ0) is 14.6. The van der Waals surface area contributed by atoms with Gasteiger partial charge in [-0.15, -0.1) is 0 Å². The largest absolute Gasteiger partial charge is 0.479 e. The van der Waals surface area contributed by atoms with Crippen LogP contribution in [0.5, 0.6) is 0 Å². The number of rotatable bonds is 5. The first kappa shape index (κ1) is 14.6. The number of aliphatic hydroxyl groups excluding tert-OH is 1. The highest BCUT2D eigenvalue weighted by Crippen LogP contribution is 1.83. The van der Waals surface area contributed by atoms with Crippen molar-refractivity contribution in [2.24, 2.45) is 7.05 Å². The Balaban J connectivity index is 2.68. The van der Waals surface area contributed by atoms with Crippen LogP contribution in [0.3, 0.4) is 0 Å². The number of carbonyl (C=O) groups is 2. The second-order valence-corrected chi connectivity index (χ2v) is 3.78. The van der Waals surface area contributed by atoms with Gasteiger partial charge in [0, 0.05) is 19.3 Å². The van der Waals surface area contributed by atoms with E-state index in [0.717, 1.165) is 21.4 Å². The van der Waals surface area contributed by atoms with Crippen LogP contribution in [0.1, 0.15) is 0 Å². The Morgan fingerprint density at radius 3 is 2.63 bits per heavy atom. The molecule has 0 bridgehead atoms. The molecule has 0 saturated carbocycles. The Morgan fingerprint density at radius 2 is 2.05 bits per heavy atom. The molecule has 1 rings (SSSR count). The van der Waals surface area contributed by atoms with Gasteiger partial charge in [-0.1, -0.05) is 0 Å². The third kappa shape index (κ3) is 3.78. The molecule has 0 fully saturated rings. The molecule has 1 amide bonds. The van der Waals surface area contributed by atoms with Crippen LogP contribution in [0, 0.1) is 0 Å². The minimum atomic E-state index is -1.71. The summed E-state index contributed by atoms with van der Waals surface area (Å²) in [5.74, 6) is -2.11. The lowest BCUT2D eigenvalue weighted by Gasteiger charge is -2.09. The van der Waals surface area contributed by atoms with Crippen LogP contribution in [0.15, 0.2) is 21.9 Å². The monoisotopic (exact) mass is 271 g/mol. The summed E-state index contributed by atoms with van der Waals surface area (Å²) in [5.41, 5.74) is -1.16. The second kappa shape index (κ2) is 5.96. The fraction of sp³-hybridized carbons (Fsp3) is 0.400. The van der Waals surface area contributed by atoms with Gasteiger partial charge in [0.15, 0.2) is 6.10 Å². The first-order chi connectivity index (χ1) is 8.82. The molecule has 1 aromatic heterocycles. The van der Waals surface area contributed by atoms with Gasteiger partial charge in [-0.05, 0) is 0 Å². The van der Waals surface area contributed by atoms with Crippen LogP contribution in [-0.2, 0) is 23.2 Å². The number of nitrogens with zero attached hydrogens (tertiary/aromatic N) is 2. The van der Waals surface area contributed by atoms with Crippen molar-refractivity contribution in [3.05, 3.63) is 33.1 Å². The number of hydrogen-bond acceptors (Lipinski definition) is 5. The van der Waals surface area contributed by atoms with Crippen LogP contribution < -0.4 is 16.6 Å². The van der Waals surface area contributed by atoms with Gasteiger partial charge in [0.05, 0.1) is 6.54 Å². The Morgan fingerprint density at radius 1 is 1.42 bits per heavy atom. The van der Waals surface area contributed by atoms with Crippen molar-refractivity contribution in [2.75, 3.05) is 6.54 Å². The van der Waals surface area contributed by atoms with E-state index in [1.165, 1.54) is 7.05 Å². The molecule has 104 valence electrons. The first-order valence-electron chi connectivity index (χ1n) is 5.27. The van der Waals surface area contributed by atoms with Gasteiger partial charge in [-0.2, -0.15) is 0 Å². The number of aromatic nitrogens is 2. The van der Waals surface area contributed by atoms with Gasteiger partial charge < -0.3 is 15.5 Å². The van der Waals surface area contributed by atoms with E-state index in [4.69, 9.17) is 10.2 Å². The van der Waals surface area contributed by atoms with Crippen molar-refractivity contribution < 1.29 is 19.8 Å². The molecule has 0 aromatic carbocycles. The number of carbonyl (C=O) groups excluding carboxylic acids is 1. The summed E-state index contributed by atoms with van der Waals surface area (Å²) < 4.78 is 1.82. The zero-order valence-corrected chi connectivity index (χ0v) is 10.1. The summed E-state index contributed by atoms with van der Waals surface area (Å²) in [7, 11) is 1.27. The molecule has 19 heavy (non-hydrogen) atoms. The lowest BCUT2D eigenvalue weighted by atomic mass is 10.3. The lowest BCUT2D eigenvalue weighted by Crippen LogP contribution is -2.42. The van der Waals surface area contributed by atoms with E-state index in [1.54, 1.807) is 0 Å².